The number of rotatable bonds is 1. The van der Waals surface area contributed by atoms with Gasteiger partial charge in [-0.25, -0.2) is 9.37 Å². The van der Waals surface area contributed by atoms with E-state index in [1.54, 1.807) is 12.1 Å². The van der Waals surface area contributed by atoms with Crippen molar-refractivity contribution in [3.8, 4) is 5.69 Å². The fourth-order valence-electron chi connectivity index (χ4n) is 1.55. The molecule has 0 bridgehead atoms. The van der Waals surface area contributed by atoms with Crippen molar-refractivity contribution in [2.75, 3.05) is 0 Å². The minimum atomic E-state index is -0.457. The van der Waals surface area contributed by atoms with Crippen molar-refractivity contribution >= 4 is 11.2 Å². The topological polar surface area (TPSA) is 76.5 Å². The Hall–Kier alpha value is -2.57. The first kappa shape index (κ1) is 9.64. The van der Waals surface area contributed by atoms with Gasteiger partial charge in [0.1, 0.15) is 11.5 Å². The molecule has 3 rings (SSSR count). The van der Waals surface area contributed by atoms with Gasteiger partial charge in [0.05, 0.1) is 6.33 Å². The van der Waals surface area contributed by atoms with Crippen LogP contribution in [-0.2, 0) is 0 Å². The van der Waals surface area contributed by atoms with Crippen LogP contribution < -0.4 is 5.56 Å². The molecule has 2 heterocycles. The van der Waals surface area contributed by atoms with Crippen LogP contribution in [0.25, 0.3) is 16.9 Å². The molecule has 3 aromatic rings. The lowest BCUT2D eigenvalue weighted by Gasteiger charge is -2.01. The van der Waals surface area contributed by atoms with Crippen LogP contribution in [0.3, 0.4) is 0 Å². The van der Waals surface area contributed by atoms with Crippen LogP contribution in [0.5, 0.6) is 0 Å². The smallest absolute Gasteiger partial charge is 0.280 e. The molecule has 0 aliphatic rings. The Bertz CT molecular complexity index is 748. The van der Waals surface area contributed by atoms with Gasteiger partial charge in [0, 0.05) is 0 Å². The molecule has 0 amide bonds. The number of aromatic amines is 1. The van der Waals surface area contributed by atoms with E-state index >= 15 is 0 Å². The van der Waals surface area contributed by atoms with Crippen molar-refractivity contribution in [3.63, 3.8) is 0 Å². The maximum atomic E-state index is 13.6. The predicted octanol–water partition coefficient (Wildman–Crippen LogP) is 0.643. The molecular weight excluding hydrogens is 225 g/mol. The Labute approximate surface area is 93.7 Å². The molecule has 0 unspecified atom stereocenters. The van der Waals surface area contributed by atoms with Crippen molar-refractivity contribution in [2.45, 2.75) is 0 Å². The van der Waals surface area contributed by atoms with E-state index in [-0.39, 0.29) is 16.9 Å². The van der Waals surface area contributed by atoms with E-state index in [0.717, 1.165) is 0 Å². The summed E-state index contributed by atoms with van der Waals surface area (Å²) in [6.45, 7) is 0. The van der Waals surface area contributed by atoms with Crippen LogP contribution in [0.2, 0.25) is 0 Å². The molecule has 0 saturated carbocycles. The predicted molar refractivity (Wildman–Crippen MR) is 57.2 cm³/mol. The average molecular weight is 231 g/mol. The molecule has 0 atom stereocenters. The summed E-state index contributed by atoms with van der Waals surface area (Å²) < 4.78 is 14.8. The summed E-state index contributed by atoms with van der Waals surface area (Å²) in [5, 5.41) is 7.41. The number of fused-ring (bicyclic) bond motifs is 1. The summed E-state index contributed by atoms with van der Waals surface area (Å²) in [5.41, 5.74) is 0.0975. The molecule has 0 aliphatic heterocycles. The van der Waals surface area contributed by atoms with Crippen molar-refractivity contribution in [2.24, 2.45) is 0 Å². The number of benzene rings is 1. The lowest BCUT2D eigenvalue weighted by atomic mass is 10.3. The zero-order chi connectivity index (χ0) is 11.8. The van der Waals surface area contributed by atoms with Gasteiger partial charge in [-0.3, -0.25) is 4.79 Å². The number of para-hydroxylation sites is 1. The van der Waals surface area contributed by atoms with Crippen molar-refractivity contribution in [1.82, 2.24) is 25.0 Å². The fraction of sp³-hybridized carbons (Fsp3) is 0. The highest BCUT2D eigenvalue weighted by Gasteiger charge is 2.12. The van der Waals surface area contributed by atoms with Crippen LogP contribution in [0.15, 0.2) is 35.4 Å². The molecular formula is C10H6FN5O. The van der Waals surface area contributed by atoms with E-state index in [0.29, 0.717) is 0 Å². The molecule has 84 valence electrons. The third-order valence-electron chi connectivity index (χ3n) is 2.32. The number of hydrogen-bond donors (Lipinski definition) is 1. The van der Waals surface area contributed by atoms with Gasteiger partial charge in [-0.15, -0.1) is 5.10 Å². The van der Waals surface area contributed by atoms with Gasteiger partial charge in [-0.1, -0.05) is 17.3 Å². The second-order valence-corrected chi connectivity index (χ2v) is 3.36. The Morgan fingerprint density at radius 1 is 1.29 bits per heavy atom. The van der Waals surface area contributed by atoms with Gasteiger partial charge in [-0.05, 0) is 12.1 Å². The van der Waals surface area contributed by atoms with E-state index in [9.17, 15) is 9.18 Å². The van der Waals surface area contributed by atoms with E-state index in [1.165, 1.54) is 23.1 Å². The monoisotopic (exact) mass is 231 g/mol. The first-order valence-electron chi connectivity index (χ1n) is 4.81. The molecule has 17 heavy (non-hydrogen) atoms. The number of nitrogens with zero attached hydrogens (tertiary/aromatic N) is 4. The maximum absolute atomic E-state index is 13.6. The summed E-state index contributed by atoms with van der Waals surface area (Å²) in [6.07, 6.45) is 1.23. The number of H-pyrrole nitrogens is 1. The maximum Gasteiger partial charge on any atom is 0.280 e. The average Bonchev–Trinajstić information content (AvgIpc) is 2.75. The van der Waals surface area contributed by atoms with Crippen LogP contribution in [0.4, 0.5) is 4.39 Å². The highest BCUT2D eigenvalue weighted by atomic mass is 19.1. The number of nitrogens with one attached hydrogen (secondary N) is 1. The molecule has 0 aliphatic carbocycles. The van der Waals surface area contributed by atoms with E-state index in [1.807, 2.05) is 0 Å². The van der Waals surface area contributed by atoms with E-state index in [2.05, 4.69) is 20.3 Å². The summed E-state index contributed by atoms with van der Waals surface area (Å²) in [7, 11) is 0. The van der Waals surface area contributed by atoms with Crippen LogP contribution in [0, 0.1) is 5.82 Å². The SMILES string of the molecule is O=c1[nH]cnc2c1nnn2-c1ccccc1F. The van der Waals surface area contributed by atoms with Crippen molar-refractivity contribution in [1.29, 1.82) is 0 Å². The minimum absolute atomic E-state index is 0.0794. The molecule has 0 radical (unpaired) electrons. The highest BCUT2D eigenvalue weighted by molar-refractivity contribution is 5.69. The van der Waals surface area contributed by atoms with Crippen LogP contribution in [-0.4, -0.2) is 25.0 Å². The highest BCUT2D eigenvalue weighted by Crippen LogP contribution is 2.14. The molecule has 0 saturated heterocycles. The van der Waals surface area contributed by atoms with Crippen LogP contribution in [0.1, 0.15) is 0 Å². The summed E-state index contributed by atoms with van der Waals surface area (Å²) >= 11 is 0. The number of aromatic nitrogens is 5. The zero-order valence-corrected chi connectivity index (χ0v) is 8.46. The van der Waals surface area contributed by atoms with Gasteiger partial charge in [-0.2, -0.15) is 4.68 Å². The minimum Gasteiger partial charge on any atom is -0.311 e. The first-order valence-corrected chi connectivity index (χ1v) is 4.81. The van der Waals surface area contributed by atoms with Gasteiger partial charge in [0.25, 0.3) is 5.56 Å². The van der Waals surface area contributed by atoms with E-state index in [4.69, 9.17) is 0 Å². The Balaban J connectivity index is 2.36. The molecule has 1 aromatic carbocycles. The summed E-state index contributed by atoms with van der Waals surface area (Å²) in [6, 6.07) is 6.07. The summed E-state index contributed by atoms with van der Waals surface area (Å²) in [4.78, 5) is 17.7. The lowest BCUT2D eigenvalue weighted by Crippen LogP contribution is -2.07. The van der Waals surface area contributed by atoms with Gasteiger partial charge in [0.15, 0.2) is 11.2 Å². The number of hydrogen-bond acceptors (Lipinski definition) is 4. The third kappa shape index (κ3) is 1.40. The second kappa shape index (κ2) is 3.48. The lowest BCUT2D eigenvalue weighted by molar-refractivity contribution is 0.609. The largest absolute Gasteiger partial charge is 0.311 e. The molecule has 0 fully saturated rings. The Morgan fingerprint density at radius 2 is 2.12 bits per heavy atom. The van der Waals surface area contributed by atoms with E-state index < -0.39 is 11.4 Å². The summed E-state index contributed by atoms with van der Waals surface area (Å²) in [5.74, 6) is -0.457. The van der Waals surface area contributed by atoms with Crippen molar-refractivity contribution in [3.05, 3.63) is 46.8 Å². The first-order chi connectivity index (χ1) is 8.27. The van der Waals surface area contributed by atoms with Crippen molar-refractivity contribution < 1.29 is 4.39 Å². The Morgan fingerprint density at radius 3 is 2.94 bits per heavy atom. The molecule has 0 spiro atoms. The van der Waals surface area contributed by atoms with Gasteiger partial charge >= 0.3 is 0 Å². The van der Waals surface area contributed by atoms with Gasteiger partial charge in [0.2, 0.25) is 0 Å². The zero-order valence-electron chi connectivity index (χ0n) is 8.46. The fourth-order valence-corrected chi connectivity index (χ4v) is 1.55. The quantitative estimate of drug-likeness (QED) is 0.666. The Kier molecular flexibility index (Phi) is 1.97. The molecule has 2 aromatic heterocycles. The standard InChI is InChI=1S/C10H6FN5O/c11-6-3-1-2-4-7(6)16-9-8(14-15-16)10(17)13-5-12-9/h1-5H,(H,12,13,17). The molecule has 7 heteroatoms. The molecule has 6 nitrogen and oxygen atoms in total. The van der Waals surface area contributed by atoms with Gasteiger partial charge < -0.3 is 4.98 Å². The normalized spacial score (nSPS) is 10.9. The third-order valence-corrected chi connectivity index (χ3v) is 2.32. The number of halogens is 1. The molecule has 1 N–H and O–H groups in total. The second-order valence-electron chi connectivity index (χ2n) is 3.36. The van der Waals surface area contributed by atoms with Crippen LogP contribution >= 0.6 is 0 Å².